The summed E-state index contributed by atoms with van der Waals surface area (Å²) in [6.45, 7) is 8.64. The van der Waals surface area contributed by atoms with Crippen LogP contribution >= 0.6 is 0 Å². The highest BCUT2D eigenvalue weighted by molar-refractivity contribution is 7.93. The van der Waals surface area contributed by atoms with Gasteiger partial charge in [0.1, 0.15) is 12.3 Å². The minimum absolute atomic E-state index is 0.162. The van der Waals surface area contributed by atoms with Crippen molar-refractivity contribution in [3.8, 4) is 5.75 Å². The smallest absolute Gasteiger partial charge is 0.324 e. The number of hydrogen-bond acceptors (Lipinski definition) is 5. The van der Waals surface area contributed by atoms with Crippen LogP contribution in [0, 0.1) is 20.8 Å². The number of carboxylic acids is 1. The molecule has 1 aliphatic rings. The molecule has 0 aromatic heterocycles. The summed E-state index contributed by atoms with van der Waals surface area (Å²) in [5.74, 6) is -0.396. The van der Waals surface area contributed by atoms with Crippen molar-refractivity contribution in [1.82, 2.24) is 0 Å². The number of rotatable bonds is 9. The molecule has 4 rings (SSSR count). The highest BCUT2D eigenvalue weighted by Crippen LogP contribution is 2.39. The van der Waals surface area contributed by atoms with Crippen molar-refractivity contribution in [3.63, 3.8) is 0 Å². The van der Waals surface area contributed by atoms with Gasteiger partial charge in [-0.25, -0.2) is 8.42 Å². The lowest BCUT2D eigenvalue weighted by Gasteiger charge is -2.27. The summed E-state index contributed by atoms with van der Waals surface area (Å²) in [5, 5.41) is 9.67. The molecule has 0 saturated heterocycles. The monoisotopic (exact) mass is 508 g/mol. The van der Waals surface area contributed by atoms with Crippen molar-refractivity contribution >= 4 is 27.4 Å². The molecule has 36 heavy (non-hydrogen) atoms. The SMILES string of the molecule is CCOc1cccc(CN2CCc3c2cccc3N(CC(=O)O)S(=O)(=O)c2c(C)cc(C)cc2C)c1. The highest BCUT2D eigenvalue weighted by atomic mass is 32.2. The molecule has 0 spiro atoms. The van der Waals surface area contributed by atoms with E-state index in [-0.39, 0.29) is 4.90 Å². The third-order valence-corrected chi connectivity index (χ3v) is 8.45. The lowest BCUT2D eigenvalue weighted by molar-refractivity contribution is -0.135. The Morgan fingerprint density at radius 3 is 2.42 bits per heavy atom. The molecule has 0 amide bonds. The Morgan fingerprint density at radius 2 is 1.75 bits per heavy atom. The summed E-state index contributed by atoms with van der Waals surface area (Å²) in [5.41, 5.74) is 5.42. The summed E-state index contributed by atoms with van der Waals surface area (Å²) < 4.78 is 34.5. The fraction of sp³-hybridized carbons (Fsp3) is 0.321. The zero-order valence-electron chi connectivity index (χ0n) is 21.1. The van der Waals surface area contributed by atoms with Crippen LogP contribution in [0.15, 0.2) is 59.5 Å². The maximum absolute atomic E-state index is 13.9. The molecule has 0 fully saturated rings. The lowest BCUT2D eigenvalue weighted by atomic mass is 10.1. The van der Waals surface area contributed by atoms with E-state index in [0.29, 0.717) is 42.9 Å². The van der Waals surface area contributed by atoms with Crippen molar-refractivity contribution in [1.29, 1.82) is 0 Å². The van der Waals surface area contributed by atoms with E-state index in [0.717, 1.165) is 32.4 Å². The first kappa shape index (κ1) is 25.6. The van der Waals surface area contributed by atoms with Crippen LogP contribution in [-0.4, -0.2) is 39.2 Å². The van der Waals surface area contributed by atoms with Crippen LogP contribution in [0.3, 0.4) is 0 Å². The number of sulfonamides is 1. The number of aliphatic carboxylic acids is 1. The number of aryl methyl sites for hydroxylation is 3. The number of hydrogen-bond donors (Lipinski definition) is 1. The van der Waals surface area contributed by atoms with Gasteiger partial charge in [-0.15, -0.1) is 0 Å². The van der Waals surface area contributed by atoms with E-state index in [1.807, 2.05) is 56.3 Å². The van der Waals surface area contributed by atoms with Crippen LogP contribution in [-0.2, 0) is 27.8 Å². The molecule has 0 aliphatic carbocycles. The Labute approximate surface area is 213 Å². The number of ether oxygens (including phenoxy) is 1. The fourth-order valence-corrected chi connectivity index (χ4v) is 6.97. The van der Waals surface area contributed by atoms with Crippen LogP contribution in [0.5, 0.6) is 5.75 Å². The molecular formula is C28H32N2O5S. The normalized spacial score (nSPS) is 12.9. The van der Waals surface area contributed by atoms with Gasteiger partial charge in [0.05, 0.1) is 17.2 Å². The summed E-state index contributed by atoms with van der Waals surface area (Å²) in [6.07, 6.45) is 0.619. The van der Waals surface area contributed by atoms with E-state index in [2.05, 4.69) is 4.90 Å². The number of carbonyl (C=O) groups is 1. The number of nitrogens with zero attached hydrogens (tertiary/aromatic N) is 2. The molecule has 0 atom stereocenters. The van der Waals surface area contributed by atoms with Gasteiger partial charge in [-0.3, -0.25) is 9.10 Å². The summed E-state index contributed by atoms with van der Waals surface area (Å²) >= 11 is 0. The Balaban J connectivity index is 1.74. The predicted molar refractivity (Wildman–Crippen MR) is 142 cm³/mol. The Hall–Kier alpha value is -3.52. The molecule has 1 heterocycles. The van der Waals surface area contributed by atoms with E-state index in [1.165, 1.54) is 0 Å². The van der Waals surface area contributed by atoms with Crippen LogP contribution in [0.2, 0.25) is 0 Å². The second-order valence-electron chi connectivity index (χ2n) is 9.16. The molecule has 7 nitrogen and oxygen atoms in total. The zero-order valence-corrected chi connectivity index (χ0v) is 21.9. The maximum Gasteiger partial charge on any atom is 0.324 e. The van der Waals surface area contributed by atoms with E-state index < -0.39 is 22.5 Å². The van der Waals surface area contributed by atoms with Crippen molar-refractivity contribution in [2.24, 2.45) is 0 Å². The molecule has 1 aliphatic heterocycles. The number of benzene rings is 3. The van der Waals surface area contributed by atoms with E-state index in [9.17, 15) is 18.3 Å². The molecule has 3 aromatic rings. The average Bonchev–Trinajstić information content (AvgIpc) is 3.20. The zero-order chi connectivity index (χ0) is 26.0. The van der Waals surface area contributed by atoms with Gasteiger partial charge in [0.25, 0.3) is 10.0 Å². The largest absolute Gasteiger partial charge is 0.494 e. The average molecular weight is 509 g/mol. The third-order valence-electron chi connectivity index (χ3n) is 6.38. The van der Waals surface area contributed by atoms with Gasteiger partial charge in [0.2, 0.25) is 0 Å². The second kappa shape index (κ2) is 10.2. The quantitative estimate of drug-likeness (QED) is 0.445. The standard InChI is InChI=1S/C28H32N2O5S/c1-5-35-23-9-6-8-22(16-23)17-29-13-12-24-25(29)10-7-11-26(24)30(18-27(31)32)36(33,34)28-20(3)14-19(2)15-21(28)4/h6-11,14-16H,5,12-13,17-18H2,1-4H3,(H,31,32). The Kier molecular flexibility index (Phi) is 7.26. The topological polar surface area (TPSA) is 87.2 Å². The molecular weight excluding hydrogens is 476 g/mol. The number of anilines is 2. The van der Waals surface area contributed by atoms with Crippen molar-refractivity contribution in [3.05, 3.63) is 82.4 Å². The van der Waals surface area contributed by atoms with Gasteiger partial charge >= 0.3 is 5.97 Å². The molecule has 8 heteroatoms. The van der Waals surface area contributed by atoms with Gasteiger partial charge in [-0.1, -0.05) is 35.9 Å². The van der Waals surface area contributed by atoms with Gasteiger partial charge in [-0.2, -0.15) is 0 Å². The summed E-state index contributed by atoms with van der Waals surface area (Å²) in [7, 11) is -4.12. The van der Waals surface area contributed by atoms with Gasteiger partial charge in [0, 0.05) is 24.3 Å². The minimum Gasteiger partial charge on any atom is -0.494 e. The van der Waals surface area contributed by atoms with Crippen LogP contribution in [0.4, 0.5) is 11.4 Å². The summed E-state index contributed by atoms with van der Waals surface area (Å²) in [4.78, 5) is 14.2. The molecule has 0 bridgehead atoms. The van der Waals surface area contributed by atoms with Gasteiger partial charge in [-0.05, 0) is 75.1 Å². The Morgan fingerprint density at radius 1 is 1.06 bits per heavy atom. The van der Waals surface area contributed by atoms with Gasteiger partial charge in [0.15, 0.2) is 0 Å². The molecule has 0 unspecified atom stereocenters. The number of fused-ring (bicyclic) bond motifs is 1. The first-order chi connectivity index (χ1) is 17.1. The summed E-state index contributed by atoms with van der Waals surface area (Å²) in [6, 6.07) is 17.0. The first-order valence-corrected chi connectivity index (χ1v) is 13.5. The molecule has 1 N–H and O–H groups in total. The molecule has 0 radical (unpaired) electrons. The van der Waals surface area contributed by atoms with Crippen LogP contribution < -0.4 is 13.9 Å². The first-order valence-electron chi connectivity index (χ1n) is 12.0. The number of carboxylic acid groups (broad SMARTS) is 1. The van der Waals surface area contributed by atoms with E-state index in [1.54, 1.807) is 26.0 Å². The second-order valence-corrected chi connectivity index (χ2v) is 11.0. The predicted octanol–water partition coefficient (Wildman–Crippen LogP) is 4.85. The third kappa shape index (κ3) is 5.04. The van der Waals surface area contributed by atoms with Crippen molar-refractivity contribution in [2.75, 3.05) is 28.9 Å². The Bertz CT molecular complexity index is 1380. The van der Waals surface area contributed by atoms with Crippen molar-refractivity contribution < 1.29 is 23.1 Å². The van der Waals surface area contributed by atoms with Crippen molar-refractivity contribution in [2.45, 2.75) is 45.6 Å². The molecule has 190 valence electrons. The fourth-order valence-electron chi connectivity index (χ4n) is 5.11. The van der Waals surface area contributed by atoms with Crippen LogP contribution in [0.25, 0.3) is 0 Å². The van der Waals surface area contributed by atoms with Crippen LogP contribution in [0.1, 0.15) is 34.7 Å². The minimum atomic E-state index is -4.12. The molecule has 0 saturated carbocycles. The molecule has 3 aromatic carbocycles. The van der Waals surface area contributed by atoms with E-state index >= 15 is 0 Å². The van der Waals surface area contributed by atoms with E-state index in [4.69, 9.17) is 4.74 Å². The lowest BCUT2D eigenvalue weighted by Crippen LogP contribution is -2.37. The highest BCUT2D eigenvalue weighted by Gasteiger charge is 2.34. The maximum atomic E-state index is 13.9. The van der Waals surface area contributed by atoms with Gasteiger partial charge < -0.3 is 14.7 Å².